The van der Waals surface area contributed by atoms with E-state index in [1.165, 1.54) is 25.7 Å². The first-order chi connectivity index (χ1) is 8.40. The van der Waals surface area contributed by atoms with Crippen molar-refractivity contribution in [2.75, 3.05) is 0 Å². The van der Waals surface area contributed by atoms with Gasteiger partial charge in [0.05, 0.1) is 0 Å². The van der Waals surface area contributed by atoms with Gasteiger partial charge in [0.25, 0.3) is 0 Å². The van der Waals surface area contributed by atoms with Gasteiger partial charge in [0, 0.05) is 0 Å². The smallest absolute Gasteiger partial charge is 0.0380 e. The molecule has 2 rings (SSSR count). The molecule has 106 valence electrons. The zero-order valence-electron chi connectivity index (χ0n) is 13.4. The van der Waals surface area contributed by atoms with Crippen LogP contribution in [0.4, 0.5) is 0 Å². The van der Waals surface area contributed by atoms with E-state index in [4.69, 9.17) is 0 Å². The number of hydrogen-bond donors (Lipinski definition) is 0. The van der Waals surface area contributed by atoms with Crippen molar-refractivity contribution in [2.45, 2.75) is 67.2 Å². The molecule has 2 saturated carbocycles. The Balaban J connectivity index is 2.00. The van der Waals surface area contributed by atoms with Gasteiger partial charge in [-0.1, -0.05) is 41.5 Å². The molecule has 2 fully saturated rings. The molecular weight excluding hydrogens is 216 g/mol. The van der Waals surface area contributed by atoms with Crippen molar-refractivity contribution in [3.05, 3.63) is 0 Å². The minimum absolute atomic E-state index is 0.943. The summed E-state index contributed by atoms with van der Waals surface area (Å²) >= 11 is 0. The van der Waals surface area contributed by atoms with Crippen LogP contribution >= 0.6 is 0 Å². The fourth-order valence-corrected chi connectivity index (χ4v) is 4.85. The molecule has 18 heavy (non-hydrogen) atoms. The average molecular weight is 250 g/mol. The zero-order chi connectivity index (χ0) is 13.4. The van der Waals surface area contributed by atoms with Crippen LogP contribution in [-0.2, 0) is 0 Å². The monoisotopic (exact) mass is 250 g/mol. The summed E-state index contributed by atoms with van der Waals surface area (Å²) < 4.78 is 0. The molecule has 0 heteroatoms. The summed E-state index contributed by atoms with van der Waals surface area (Å²) in [6.07, 6.45) is 6.02. The fraction of sp³-hybridized carbons (Fsp3) is 1.00. The van der Waals surface area contributed by atoms with Gasteiger partial charge in [0.1, 0.15) is 0 Å². The van der Waals surface area contributed by atoms with E-state index < -0.39 is 0 Å². The fourth-order valence-electron chi connectivity index (χ4n) is 4.85. The summed E-state index contributed by atoms with van der Waals surface area (Å²) in [7, 11) is 0. The van der Waals surface area contributed by atoms with Crippen LogP contribution in [-0.4, -0.2) is 0 Å². The number of rotatable bonds is 1. The molecule has 0 aliphatic heterocycles. The van der Waals surface area contributed by atoms with E-state index in [1.54, 1.807) is 0 Å². The maximum atomic E-state index is 2.49. The van der Waals surface area contributed by atoms with Gasteiger partial charge >= 0.3 is 0 Å². The zero-order valence-corrected chi connectivity index (χ0v) is 13.4. The van der Waals surface area contributed by atoms with Gasteiger partial charge in [0.15, 0.2) is 0 Å². The Morgan fingerprint density at radius 1 is 0.444 bits per heavy atom. The maximum absolute atomic E-state index is 2.49. The van der Waals surface area contributed by atoms with Gasteiger partial charge in [-0.25, -0.2) is 0 Å². The van der Waals surface area contributed by atoms with Crippen molar-refractivity contribution in [3.8, 4) is 0 Å². The van der Waals surface area contributed by atoms with Crippen molar-refractivity contribution in [1.29, 1.82) is 0 Å². The van der Waals surface area contributed by atoms with E-state index in [0.717, 1.165) is 47.3 Å². The summed E-state index contributed by atoms with van der Waals surface area (Å²) in [5, 5.41) is 0. The molecule has 0 aromatic rings. The molecule has 0 aromatic heterocycles. The second-order valence-electron chi connectivity index (χ2n) is 8.09. The van der Waals surface area contributed by atoms with Crippen molar-refractivity contribution in [3.63, 3.8) is 0 Å². The second-order valence-corrected chi connectivity index (χ2v) is 8.09. The normalized spacial score (nSPS) is 54.3. The quantitative estimate of drug-likeness (QED) is 0.566. The van der Waals surface area contributed by atoms with Gasteiger partial charge in [-0.05, 0) is 73.0 Å². The molecule has 0 heterocycles. The molecule has 2 aliphatic carbocycles. The molecule has 2 aliphatic rings. The highest BCUT2D eigenvalue weighted by atomic mass is 14.4. The SMILES string of the molecule is CC1CC(C2CC(C)C(C)C(C)C2)CC(C)C1C. The van der Waals surface area contributed by atoms with Crippen LogP contribution in [0.2, 0.25) is 0 Å². The van der Waals surface area contributed by atoms with E-state index in [0.29, 0.717) is 0 Å². The average Bonchev–Trinajstić information content (AvgIpc) is 2.31. The Bertz CT molecular complexity index is 217. The number of hydrogen-bond acceptors (Lipinski definition) is 0. The third kappa shape index (κ3) is 2.78. The van der Waals surface area contributed by atoms with Crippen LogP contribution in [0.5, 0.6) is 0 Å². The highest BCUT2D eigenvalue weighted by Gasteiger charge is 2.38. The Hall–Kier alpha value is 0. The third-order valence-corrected chi connectivity index (χ3v) is 6.96. The van der Waals surface area contributed by atoms with Gasteiger partial charge in [0.2, 0.25) is 0 Å². The van der Waals surface area contributed by atoms with Gasteiger partial charge in [-0.2, -0.15) is 0 Å². The van der Waals surface area contributed by atoms with Gasteiger partial charge in [-0.3, -0.25) is 0 Å². The first kappa shape index (κ1) is 14.4. The minimum atomic E-state index is 0.943. The predicted molar refractivity (Wildman–Crippen MR) is 80.4 cm³/mol. The third-order valence-electron chi connectivity index (χ3n) is 6.96. The van der Waals surface area contributed by atoms with E-state index in [2.05, 4.69) is 41.5 Å². The van der Waals surface area contributed by atoms with Crippen LogP contribution in [0.1, 0.15) is 67.2 Å². The summed E-state index contributed by atoms with van der Waals surface area (Å²) in [5.74, 6) is 7.74. The Morgan fingerprint density at radius 3 is 0.889 bits per heavy atom. The highest BCUT2D eigenvalue weighted by Crippen LogP contribution is 2.48. The van der Waals surface area contributed by atoms with Crippen LogP contribution in [0.15, 0.2) is 0 Å². The summed E-state index contributed by atoms with van der Waals surface area (Å²) in [6.45, 7) is 14.9. The molecule has 0 N–H and O–H groups in total. The molecule has 0 saturated heterocycles. The van der Waals surface area contributed by atoms with E-state index in [9.17, 15) is 0 Å². The minimum Gasteiger partial charge on any atom is -0.0622 e. The molecule has 0 amide bonds. The second kappa shape index (κ2) is 5.55. The molecule has 0 spiro atoms. The summed E-state index contributed by atoms with van der Waals surface area (Å²) in [5.41, 5.74) is 0. The van der Waals surface area contributed by atoms with Crippen LogP contribution < -0.4 is 0 Å². The van der Waals surface area contributed by atoms with Crippen molar-refractivity contribution in [1.82, 2.24) is 0 Å². The van der Waals surface area contributed by atoms with E-state index in [1.807, 2.05) is 0 Å². The van der Waals surface area contributed by atoms with Gasteiger partial charge < -0.3 is 0 Å². The van der Waals surface area contributed by atoms with Crippen molar-refractivity contribution in [2.24, 2.45) is 47.3 Å². The Labute approximate surface area is 115 Å². The maximum Gasteiger partial charge on any atom is -0.0380 e. The lowest BCUT2D eigenvalue weighted by Crippen LogP contribution is -2.37. The molecular formula is C18H34. The molecule has 0 bridgehead atoms. The summed E-state index contributed by atoms with van der Waals surface area (Å²) in [6, 6.07) is 0. The molecule has 0 nitrogen and oxygen atoms in total. The van der Waals surface area contributed by atoms with Crippen LogP contribution in [0.3, 0.4) is 0 Å². The molecule has 0 aromatic carbocycles. The predicted octanol–water partition coefficient (Wildman–Crippen LogP) is 5.62. The van der Waals surface area contributed by atoms with Crippen LogP contribution in [0, 0.1) is 47.3 Å². The van der Waals surface area contributed by atoms with Crippen molar-refractivity contribution >= 4 is 0 Å². The molecule has 4 atom stereocenters. The van der Waals surface area contributed by atoms with Crippen LogP contribution in [0.25, 0.3) is 0 Å². The summed E-state index contributed by atoms with van der Waals surface area (Å²) in [4.78, 5) is 0. The largest absolute Gasteiger partial charge is 0.0622 e. The first-order valence-corrected chi connectivity index (χ1v) is 8.40. The molecule has 4 unspecified atom stereocenters. The first-order valence-electron chi connectivity index (χ1n) is 8.40. The van der Waals surface area contributed by atoms with E-state index in [-0.39, 0.29) is 0 Å². The van der Waals surface area contributed by atoms with Gasteiger partial charge in [-0.15, -0.1) is 0 Å². The Morgan fingerprint density at radius 2 is 0.667 bits per heavy atom. The van der Waals surface area contributed by atoms with Crippen molar-refractivity contribution < 1.29 is 0 Å². The highest BCUT2D eigenvalue weighted by molar-refractivity contribution is 4.88. The lowest BCUT2D eigenvalue weighted by atomic mass is 9.60. The van der Waals surface area contributed by atoms with E-state index >= 15 is 0 Å². The standard InChI is InChI=1S/C18H34/c1-11-7-17(8-12(2)15(11)5)18-9-13(3)16(6)14(4)10-18/h11-18H,7-10H2,1-6H3. The lowest BCUT2D eigenvalue weighted by Gasteiger charge is -2.46. The molecule has 0 radical (unpaired) electrons. The topological polar surface area (TPSA) is 0 Å². The lowest BCUT2D eigenvalue weighted by molar-refractivity contribution is 0.0433. The Kier molecular flexibility index (Phi) is 4.44.